The van der Waals surface area contributed by atoms with Crippen molar-refractivity contribution in [3.8, 4) is 0 Å². The highest BCUT2D eigenvalue weighted by Crippen LogP contribution is 2.23. The topological polar surface area (TPSA) is 38.0 Å². The van der Waals surface area contributed by atoms with Crippen LogP contribution in [0.25, 0.3) is 0 Å². The lowest BCUT2D eigenvalue weighted by molar-refractivity contribution is 0.287. The van der Waals surface area contributed by atoms with Gasteiger partial charge in [0.1, 0.15) is 0 Å². The molecule has 1 aliphatic rings. The van der Waals surface area contributed by atoms with Gasteiger partial charge >= 0.3 is 0 Å². The zero-order chi connectivity index (χ0) is 9.31. The van der Waals surface area contributed by atoms with Gasteiger partial charge in [-0.2, -0.15) is 0 Å². The lowest BCUT2D eigenvalue weighted by Crippen LogP contribution is -2.62. The molecule has 1 aromatic carbocycles. The van der Waals surface area contributed by atoms with E-state index in [1.165, 1.54) is 11.1 Å². The molecule has 0 atom stereocenters. The van der Waals surface area contributed by atoms with Crippen molar-refractivity contribution in [3.05, 3.63) is 35.4 Å². The standard InChI is InChI=1S/C11H16N2/c1-2-9-4-3-5-10(6-9)11(12)7-13-8-11/h3-6,13H,2,7-8,12H2,1H3. The van der Waals surface area contributed by atoms with Crippen LogP contribution in [0.5, 0.6) is 0 Å². The first-order valence-corrected chi connectivity index (χ1v) is 4.83. The van der Waals surface area contributed by atoms with Crippen LogP contribution in [-0.4, -0.2) is 13.1 Å². The van der Waals surface area contributed by atoms with Crippen LogP contribution in [0.3, 0.4) is 0 Å². The maximum Gasteiger partial charge on any atom is 0.0662 e. The minimum absolute atomic E-state index is 0.106. The molecule has 0 amide bonds. The van der Waals surface area contributed by atoms with Crippen molar-refractivity contribution in [2.24, 2.45) is 5.73 Å². The lowest BCUT2D eigenvalue weighted by atomic mass is 9.84. The summed E-state index contributed by atoms with van der Waals surface area (Å²) >= 11 is 0. The van der Waals surface area contributed by atoms with Crippen LogP contribution in [0.15, 0.2) is 24.3 Å². The van der Waals surface area contributed by atoms with E-state index in [0.29, 0.717) is 0 Å². The van der Waals surface area contributed by atoms with E-state index in [1.54, 1.807) is 0 Å². The summed E-state index contributed by atoms with van der Waals surface area (Å²) in [5.74, 6) is 0. The Hall–Kier alpha value is -0.860. The Kier molecular flexibility index (Phi) is 2.10. The molecule has 1 heterocycles. The molecule has 1 fully saturated rings. The Labute approximate surface area is 79.1 Å². The van der Waals surface area contributed by atoms with Crippen LogP contribution >= 0.6 is 0 Å². The summed E-state index contributed by atoms with van der Waals surface area (Å²) in [4.78, 5) is 0. The molecule has 0 aromatic heterocycles. The molecule has 1 aliphatic heterocycles. The van der Waals surface area contributed by atoms with Crippen LogP contribution in [0.4, 0.5) is 0 Å². The van der Waals surface area contributed by atoms with Gasteiger partial charge in [0.25, 0.3) is 0 Å². The Bertz CT molecular complexity index is 303. The second-order valence-corrected chi connectivity index (χ2v) is 3.81. The molecule has 1 saturated heterocycles. The van der Waals surface area contributed by atoms with Gasteiger partial charge in [0.05, 0.1) is 5.54 Å². The number of nitrogens with one attached hydrogen (secondary N) is 1. The first kappa shape index (κ1) is 8.73. The lowest BCUT2D eigenvalue weighted by Gasteiger charge is -2.39. The summed E-state index contributed by atoms with van der Waals surface area (Å²) in [5.41, 5.74) is 8.72. The fourth-order valence-corrected chi connectivity index (χ4v) is 1.70. The van der Waals surface area contributed by atoms with Gasteiger partial charge in [-0.05, 0) is 17.5 Å². The summed E-state index contributed by atoms with van der Waals surface area (Å²) in [5, 5.41) is 3.21. The Morgan fingerprint density at radius 1 is 1.46 bits per heavy atom. The quantitative estimate of drug-likeness (QED) is 0.705. The molecule has 2 nitrogen and oxygen atoms in total. The molecule has 70 valence electrons. The average molecular weight is 176 g/mol. The van der Waals surface area contributed by atoms with Crippen molar-refractivity contribution in [2.75, 3.05) is 13.1 Å². The normalized spacial score (nSPS) is 19.5. The van der Waals surface area contributed by atoms with Crippen molar-refractivity contribution in [2.45, 2.75) is 18.9 Å². The van der Waals surface area contributed by atoms with Crippen LogP contribution in [0, 0.1) is 0 Å². The van der Waals surface area contributed by atoms with Crippen molar-refractivity contribution in [1.29, 1.82) is 0 Å². The number of hydrogen-bond donors (Lipinski definition) is 2. The minimum Gasteiger partial charge on any atom is -0.319 e. The van der Waals surface area contributed by atoms with Gasteiger partial charge in [-0.25, -0.2) is 0 Å². The van der Waals surface area contributed by atoms with Crippen molar-refractivity contribution >= 4 is 0 Å². The molecule has 1 aromatic rings. The second-order valence-electron chi connectivity index (χ2n) is 3.81. The van der Waals surface area contributed by atoms with E-state index in [2.05, 4.69) is 36.5 Å². The molecule has 3 N–H and O–H groups in total. The van der Waals surface area contributed by atoms with Crippen molar-refractivity contribution < 1.29 is 0 Å². The molecular formula is C11H16N2. The smallest absolute Gasteiger partial charge is 0.0662 e. The zero-order valence-electron chi connectivity index (χ0n) is 8.01. The number of benzene rings is 1. The minimum atomic E-state index is -0.106. The highest BCUT2D eigenvalue weighted by Gasteiger charge is 2.33. The maximum atomic E-state index is 6.19. The summed E-state index contributed by atoms with van der Waals surface area (Å²) in [6.45, 7) is 3.97. The molecule has 0 radical (unpaired) electrons. The Balaban J connectivity index is 2.29. The van der Waals surface area contributed by atoms with Gasteiger partial charge in [-0.3, -0.25) is 0 Å². The fourth-order valence-electron chi connectivity index (χ4n) is 1.70. The van der Waals surface area contributed by atoms with E-state index >= 15 is 0 Å². The van der Waals surface area contributed by atoms with E-state index < -0.39 is 0 Å². The maximum absolute atomic E-state index is 6.19. The number of hydrogen-bond acceptors (Lipinski definition) is 2. The molecule has 0 saturated carbocycles. The van der Waals surface area contributed by atoms with Gasteiger partial charge in [0, 0.05) is 13.1 Å². The van der Waals surface area contributed by atoms with E-state index in [1.807, 2.05) is 0 Å². The van der Waals surface area contributed by atoms with E-state index in [9.17, 15) is 0 Å². The SMILES string of the molecule is CCc1cccc(C2(N)CNC2)c1. The Morgan fingerprint density at radius 3 is 2.77 bits per heavy atom. The molecule has 2 rings (SSSR count). The third kappa shape index (κ3) is 1.47. The summed E-state index contributed by atoms with van der Waals surface area (Å²) < 4.78 is 0. The molecule has 2 heteroatoms. The molecule has 0 aliphatic carbocycles. The van der Waals surface area contributed by atoms with Crippen LogP contribution in [-0.2, 0) is 12.0 Å². The van der Waals surface area contributed by atoms with Crippen LogP contribution in [0.2, 0.25) is 0 Å². The van der Waals surface area contributed by atoms with Gasteiger partial charge < -0.3 is 11.1 Å². The molecule has 0 bridgehead atoms. The summed E-state index contributed by atoms with van der Waals surface area (Å²) in [6, 6.07) is 8.60. The van der Waals surface area contributed by atoms with E-state index in [0.717, 1.165) is 19.5 Å². The van der Waals surface area contributed by atoms with E-state index in [4.69, 9.17) is 5.73 Å². The van der Waals surface area contributed by atoms with Gasteiger partial charge in [-0.15, -0.1) is 0 Å². The second kappa shape index (κ2) is 3.13. The van der Waals surface area contributed by atoms with E-state index in [-0.39, 0.29) is 5.54 Å². The van der Waals surface area contributed by atoms with Crippen LogP contribution in [0.1, 0.15) is 18.1 Å². The number of nitrogens with two attached hydrogens (primary N) is 1. The zero-order valence-corrected chi connectivity index (χ0v) is 8.01. The largest absolute Gasteiger partial charge is 0.319 e. The van der Waals surface area contributed by atoms with Gasteiger partial charge in [0.2, 0.25) is 0 Å². The first-order valence-electron chi connectivity index (χ1n) is 4.83. The molecule has 13 heavy (non-hydrogen) atoms. The molecule has 0 unspecified atom stereocenters. The third-order valence-corrected chi connectivity index (χ3v) is 2.79. The molecular weight excluding hydrogens is 160 g/mol. The highest BCUT2D eigenvalue weighted by atomic mass is 15.1. The third-order valence-electron chi connectivity index (χ3n) is 2.79. The van der Waals surface area contributed by atoms with Gasteiger partial charge in [-0.1, -0.05) is 31.2 Å². The first-order chi connectivity index (χ1) is 6.24. The fraction of sp³-hybridized carbons (Fsp3) is 0.455. The molecule has 0 spiro atoms. The number of rotatable bonds is 2. The van der Waals surface area contributed by atoms with Crippen molar-refractivity contribution in [1.82, 2.24) is 5.32 Å². The number of aryl methyl sites for hydroxylation is 1. The predicted molar refractivity (Wildman–Crippen MR) is 54.6 cm³/mol. The summed E-state index contributed by atoms with van der Waals surface area (Å²) in [7, 11) is 0. The summed E-state index contributed by atoms with van der Waals surface area (Å²) in [6.07, 6.45) is 1.08. The van der Waals surface area contributed by atoms with Crippen LogP contribution < -0.4 is 11.1 Å². The van der Waals surface area contributed by atoms with Crippen molar-refractivity contribution in [3.63, 3.8) is 0 Å². The Morgan fingerprint density at radius 2 is 2.23 bits per heavy atom. The average Bonchev–Trinajstić information content (AvgIpc) is 2.14. The van der Waals surface area contributed by atoms with Gasteiger partial charge in [0.15, 0.2) is 0 Å². The monoisotopic (exact) mass is 176 g/mol. The highest BCUT2D eigenvalue weighted by molar-refractivity contribution is 5.32. The predicted octanol–water partition coefficient (Wildman–Crippen LogP) is 1.01.